The summed E-state index contributed by atoms with van der Waals surface area (Å²) in [4.78, 5) is 29.1. The highest BCUT2D eigenvalue weighted by molar-refractivity contribution is 6.30. The van der Waals surface area contributed by atoms with Gasteiger partial charge in [0.1, 0.15) is 30.1 Å². The Balaban J connectivity index is 1.79. The summed E-state index contributed by atoms with van der Waals surface area (Å²) in [5, 5.41) is 8.35. The van der Waals surface area contributed by atoms with E-state index in [-0.39, 0.29) is 18.3 Å². The van der Waals surface area contributed by atoms with Crippen molar-refractivity contribution in [2.75, 3.05) is 23.7 Å². The van der Waals surface area contributed by atoms with Gasteiger partial charge in [-0.2, -0.15) is 18.2 Å². The van der Waals surface area contributed by atoms with E-state index in [0.29, 0.717) is 23.2 Å². The standard InChI is InChI=1S/C17H19ClF3N7O/c1-3-16(2,14(29)24-7-17(19,20)21)28-15-26-8-25-13(27-15)11-6-23-12-10(11)4-9(18)5-22-12/h4-5,8,11H,3,6-7H2,1-2H3,(H,22,23)(H,24,29)(H,25,26,27,28)/t11?,16-/m1/s1. The Hall–Kier alpha value is -2.69. The minimum atomic E-state index is -4.50. The van der Waals surface area contributed by atoms with Crippen molar-refractivity contribution in [2.45, 2.75) is 37.9 Å². The highest BCUT2D eigenvalue weighted by Crippen LogP contribution is 2.34. The number of fused-ring (bicyclic) bond motifs is 1. The third-order valence-corrected chi connectivity index (χ3v) is 4.89. The normalized spacial score (nSPS) is 17.8. The van der Waals surface area contributed by atoms with Crippen LogP contribution in [0.4, 0.5) is 24.9 Å². The lowest BCUT2D eigenvalue weighted by molar-refractivity contribution is -0.140. The lowest BCUT2D eigenvalue weighted by atomic mass is 9.98. The molecule has 2 aromatic heterocycles. The average Bonchev–Trinajstić information content (AvgIpc) is 3.08. The number of nitrogens with one attached hydrogen (secondary N) is 3. The molecular formula is C17H19ClF3N7O. The highest BCUT2D eigenvalue weighted by Gasteiger charge is 2.36. The van der Waals surface area contributed by atoms with Crippen molar-refractivity contribution in [3.05, 3.63) is 35.0 Å². The molecule has 0 saturated carbocycles. The maximum absolute atomic E-state index is 12.4. The second-order valence-corrected chi connectivity index (χ2v) is 7.24. The topological polar surface area (TPSA) is 105 Å². The van der Waals surface area contributed by atoms with Crippen molar-refractivity contribution in [3.8, 4) is 0 Å². The van der Waals surface area contributed by atoms with E-state index in [1.807, 2.05) is 5.32 Å². The van der Waals surface area contributed by atoms with Gasteiger partial charge in [0.15, 0.2) is 0 Å². The minimum absolute atomic E-state index is 0.0879. The Bertz CT molecular complexity index is 911. The van der Waals surface area contributed by atoms with Gasteiger partial charge >= 0.3 is 6.18 Å². The molecule has 3 N–H and O–H groups in total. The molecule has 0 spiro atoms. The van der Waals surface area contributed by atoms with E-state index >= 15 is 0 Å². The van der Waals surface area contributed by atoms with E-state index in [1.54, 1.807) is 13.0 Å². The van der Waals surface area contributed by atoms with E-state index in [1.165, 1.54) is 19.4 Å². The summed E-state index contributed by atoms with van der Waals surface area (Å²) in [5.41, 5.74) is -0.503. The first-order valence-electron chi connectivity index (χ1n) is 8.83. The van der Waals surface area contributed by atoms with E-state index in [4.69, 9.17) is 11.6 Å². The molecule has 3 rings (SSSR count). The molecule has 1 aliphatic rings. The van der Waals surface area contributed by atoms with Crippen LogP contribution in [-0.2, 0) is 4.79 Å². The van der Waals surface area contributed by atoms with Gasteiger partial charge < -0.3 is 16.0 Å². The second kappa shape index (κ2) is 7.97. The van der Waals surface area contributed by atoms with Crippen LogP contribution in [0, 0.1) is 0 Å². The van der Waals surface area contributed by atoms with Gasteiger partial charge in [-0.15, -0.1) is 0 Å². The lowest BCUT2D eigenvalue weighted by Crippen LogP contribution is -2.52. The predicted octanol–water partition coefficient (Wildman–Crippen LogP) is 2.74. The number of aromatic nitrogens is 4. The molecule has 8 nitrogen and oxygen atoms in total. The minimum Gasteiger partial charge on any atom is -0.369 e. The van der Waals surface area contributed by atoms with Crippen LogP contribution in [-0.4, -0.2) is 50.6 Å². The van der Waals surface area contributed by atoms with Gasteiger partial charge in [-0.1, -0.05) is 18.5 Å². The monoisotopic (exact) mass is 429 g/mol. The van der Waals surface area contributed by atoms with E-state index in [0.717, 1.165) is 5.56 Å². The van der Waals surface area contributed by atoms with Crippen molar-refractivity contribution in [1.29, 1.82) is 0 Å². The molecule has 1 amide bonds. The van der Waals surface area contributed by atoms with Gasteiger partial charge in [-0.25, -0.2) is 15.0 Å². The fourth-order valence-electron chi connectivity index (χ4n) is 2.87. The quantitative estimate of drug-likeness (QED) is 0.648. The molecule has 1 aliphatic heterocycles. The molecule has 0 radical (unpaired) electrons. The van der Waals surface area contributed by atoms with Crippen LogP contribution in [0.5, 0.6) is 0 Å². The van der Waals surface area contributed by atoms with E-state index < -0.39 is 24.2 Å². The van der Waals surface area contributed by atoms with Gasteiger partial charge in [0.2, 0.25) is 11.9 Å². The maximum atomic E-state index is 12.4. The van der Waals surface area contributed by atoms with Crippen LogP contribution in [0.25, 0.3) is 0 Å². The zero-order valence-electron chi connectivity index (χ0n) is 15.6. The van der Waals surface area contributed by atoms with Crippen molar-refractivity contribution in [3.63, 3.8) is 0 Å². The zero-order chi connectivity index (χ0) is 21.2. The van der Waals surface area contributed by atoms with Gasteiger partial charge in [-0.05, 0) is 19.4 Å². The molecule has 0 bridgehead atoms. The Morgan fingerprint density at radius 2 is 2.10 bits per heavy atom. The molecular weight excluding hydrogens is 411 g/mol. The van der Waals surface area contributed by atoms with Gasteiger partial charge in [0, 0.05) is 18.3 Å². The Kier molecular flexibility index (Phi) is 5.78. The number of anilines is 2. The van der Waals surface area contributed by atoms with Crippen LogP contribution < -0.4 is 16.0 Å². The molecule has 156 valence electrons. The van der Waals surface area contributed by atoms with Gasteiger partial charge in [-0.3, -0.25) is 4.79 Å². The molecule has 0 aliphatic carbocycles. The summed E-state index contributed by atoms with van der Waals surface area (Å²) in [6.07, 6.45) is -1.47. The molecule has 1 unspecified atom stereocenters. The van der Waals surface area contributed by atoms with Crippen molar-refractivity contribution in [1.82, 2.24) is 25.3 Å². The fourth-order valence-corrected chi connectivity index (χ4v) is 3.04. The van der Waals surface area contributed by atoms with Gasteiger partial charge in [0.25, 0.3) is 0 Å². The molecule has 0 aromatic carbocycles. The van der Waals surface area contributed by atoms with Crippen molar-refractivity contribution >= 4 is 29.3 Å². The summed E-state index contributed by atoms with van der Waals surface area (Å²) in [6.45, 7) is 2.25. The van der Waals surface area contributed by atoms with Crippen LogP contribution in [0.1, 0.15) is 37.6 Å². The van der Waals surface area contributed by atoms with E-state index in [9.17, 15) is 18.0 Å². The summed E-state index contributed by atoms with van der Waals surface area (Å²) in [7, 11) is 0. The van der Waals surface area contributed by atoms with Crippen molar-refractivity contribution < 1.29 is 18.0 Å². The summed E-state index contributed by atoms with van der Waals surface area (Å²) in [6, 6.07) is 1.77. The first kappa shape index (κ1) is 21.0. The number of nitrogens with zero attached hydrogens (tertiary/aromatic N) is 4. The zero-order valence-corrected chi connectivity index (χ0v) is 16.4. The SMILES string of the molecule is CC[C@@](C)(Nc1ncnc(C2CNc3ncc(Cl)cc32)n1)C(=O)NCC(F)(F)F. The van der Waals surface area contributed by atoms with Crippen LogP contribution in [0.15, 0.2) is 18.6 Å². The largest absolute Gasteiger partial charge is 0.405 e. The number of hydrogen-bond acceptors (Lipinski definition) is 7. The first-order chi connectivity index (χ1) is 13.6. The number of amides is 1. The molecule has 0 saturated heterocycles. The Morgan fingerprint density at radius 1 is 1.34 bits per heavy atom. The summed E-state index contributed by atoms with van der Waals surface area (Å²) < 4.78 is 37.3. The number of pyridine rings is 1. The first-order valence-corrected chi connectivity index (χ1v) is 9.20. The number of alkyl halides is 3. The van der Waals surface area contributed by atoms with Gasteiger partial charge in [0.05, 0.1) is 10.9 Å². The predicted molar refractivity (Wildman–Crippen MR) is 101 cm³/mol. The molecule has 29 heavy (non-hydrogen) atoms. The van der Waals surface area contributed by atoms with Crippen LogP contribution in [0.2, 0.25) is 5.02 Å². The van der Waals surface area contributed by atoms with Crippen LogP contribution in [0.3, 0.4) is 0 Å². The third kappa shape index (κ3) is 4.84. The molecule has 2 atom stereocenters. The second-order valence-electron chi connectivity index (χ2n) is 6.80. The smallest absolute Gasteiger partial charge is 0.369 e. The summed E-state index contributed by atoms with van der Waals surface area (Å²) in [5.74, 6) is 0.158. The number of carbonyl (C=O) groups is 1. The van der Waals surface area contributed by atoms with E-state index in [2.05, 4.69) is 30.6 Å². The van der Waals surface area contributed by atoms with Crippen LogP contribution >= 0.6 is 11.6 Å². The maximum Gasteiger partial charge on any atom is 0.405 e. The Labute approximate surface area is 169 Å². The number of rotatable bonds is 6. The summed E-state index contributed by atoms with van der Waals surface area (Å²) >= 11 is 6.03. The average molecular weight is 430 g/mol. The Morgan fingerprint density at radius 3 is 2.79 bits per heavy atom. The number of hydrogen-bond donors (Lipinski definition) is 3. The fraction of sp³-hybridized carbons (Fsp3) is 0.471. The molecule has 12 heteroatoms. The molecule has 0 fully saturated rings. The molecule has 2 aromatic rings. The molecule has 3 heterocycles. The number of carbonyl (C=O) groups excluding carboxylic acids is 1. The highest BCUT2D eigenvalue weighted by atomic mass is 35.5. The lowest BCUT2D eigenvalue weighted by Gasteiger charge is -2.28. The third-order valence-electron chi connectivity index (χ3n) is 4.68. The number of halogens is 4. The van der Waals surface area contributed by atoms with Crippen molar-refractivity contribution in [2.24, 2.45) is 0 Å².